The summed E-state index contributed by atoms with van der Waals surface area (Å²) in [4.78, 5) is 16.3. The fourth-order valence-electron chi connectivity index (χ4n) is 2.23. The summed E-state index contributed by atoms with van der Waals surface area (Å²) < 4.78 is 0. The summed E-state index contributed by atoms with van der Waals surface area (Å²) in [6.45, 7) is 4.34. The smallest absolute Gasteiger partial charge is 0.274 e. The molecule has 6 nitrogen and oxygen atoms in total. The molecule has 1 fully saturated rings. The Balaban J connectivity index is 2.00. The number of likely N-dealkylation sites (N-methyl/N-ethyl adjacent to an activating group) is 1. The molecule has 104 valence electrons. The summed E-state index contributed by atoms with van der Waals surface area (Å²) >= 11 is 0. The van der Waals surface area contributed by atoms with E-state index >= 15 is 0 Å². The first-order valence-electron chi connectivity index (χ1n) is 6.65. The third kappa shape index (κ3) is 3.20. The van der Waals surface area contributed by atoms with Gasteiger partial charge < -0.3 is 15.1 Å². The van der Waals surface area contributed by atoms with Gasteiger partial charge in [0.05, 0.1) is 0 Å². The predicted molar refractivity (Wildman–Crippen MR) is 74.2 cm³/mol. The van der Waals surface area contributed by atoms with E-state index in [0.717, 1.165) is 26.1 Å². The van der Waals surface area contributed by atoms with E-state index in [-0.39, 0.29) is 5.91 Å². The number of carbonyl (C=O) groups excluding carboxylic acids is 1. The molecule has 1 amide bonds. The highest BCUT2D eigenvalue weighted by Crippen LogP contribution is 2.15. The second-order valence-electron chi connectivity index (χ2n) is 4.99. The number of hydrogen-bond donors (Lipinski definition) is 1. The van der Waals surface area contributed by atoms with Gasteiger partial charge in [-0.1, -0.05) is 0 Å². The van der Waals surface area contributed by atoms with Gasteiger partial charge in [0.25, 0.3) is 5.91 Å². The molecule has 6 heteroatoms. The molecule has 1 aliphatic heterocycles. The van der Waals surface area contributed by atoms with Crippen LogP contribution >= 0.6 is 0 Å². The van der Waals surface area contributed by atoms with Crippen LogP contribution in [0.15, 0.2) is 12.1 Å². The Bertz CT molecular complexity index is 431. The molecular formula is C13H21N5O. The zero-order chi connectivity index (χ0) is 13.8. The van der Waals surface area contributed by atoms with Crippen LogP contribution in [0.3, 0.4) is 0 Å². The average Bonchev–Trinajstić information content (AvgIpc) is 2.89. The summed E-state index contributed by atoms with van der Waals surface area (Å²) in [5, 5.41) is 11.1. The Kier molecular flexibility index (Phi) is 4.31. The van der Waals surface area contributed by atoms with Crippen molar-refractivity contribution in [1.82, 2.24) is 20.0 Å². The highest BCUT2D eigenvalue weighted by Gasteiger charge is 2.28. The molecule has 2 rings (SSSR count). The van der Waals surface area contributed by atoms with E-state index in [2.05, 4.69) is 20.4 Å². The maximum Gasteiger partial charge on any atom is 0.274 e. The lowest BCUT2D eigenvalue weighted by Gasteiger charge is -2.20. The minimum atomic E-state index is -0.0279. The van der Waals surface area contributed by atoms with Crippen LogP contribution in [0.4, 0.5) is 5.82 Å². The second-order valence-corrected chi connectivity index (χ2v) is 4.99. The van der Waals surface area contributed by atoms with Gasteiger partial charge in [0.2, 0.25) is 0 Å². The largest absolute Gasteiger partial charge is 0.369 e. The molecule has 1 aromatic rings. The highest BCUT2D eigenvalue weighted by molar-refractivity contribution is 5.92. The van der Waals surface area contributed by atoms with Crippen LogP contribution in [0.5, 0.6) is 0 Å². The number of rotatable bonds is 4. The van der Waals surface area contributed by atoms with E-state index in [9.17, 15) is 4.79 Å². The van der Waals surface area contributed by atoms with Gasteiger partial charge in [0, 0.05) is 25.7 Å². The van der Waals surface area contributed by atoms with Gasteiger partial charge in [-0.3, -0.25) is 4.79 Å². The first-order chi connectivity index (χ1) is 9.11. The molecule has 1 aliphatic rings. The van der Waals surface area contributed by atoms with Crippen LogP contribution in [0.1, 0.15) is 23.8 Å². The Morgan fingerprint density at radius 2 is 2.26 bits per heavy atom. The summed E-state index contributed by atoms with van der Waals surface area (Å²) in [5.74, 6) is 0.673. The van der Waals surface area contributed by atoms with E-state index in [1.165, 1.54) is 0 Å². The van der Waals surface area contributed by atoms with Crippen LogP contribution in [0, 0.1) is 0 Å². The van der Waals surface area contributed by atoms with E-state index in [4.69, 9.17) is 0 Å². The first-order valence-corrected chi connectivity index (χ1v) is 6.65. The molecule has 1 atom stereocenters. The van der Waals surface area contributed by atoms with E-state index in [1.54, 1.807) is 12.1 Å². The van der Waals surface area contributed by atoms with Gasteiger partial charge >= 0.3 is 0 Å². The molecular weight excluding hydrogens is 242 g/mol. The highest BCUT2D eigenvalue weighted by atomic mass is 16.2. The van der Waals surface area contributed by atoms with Crippen molar-refractivity contribution in [3.05, 3.63) is 17.8 Å². The van der Waals surface area contributed by atoms with Crippen LogP contribution in [-0.4, -0.2) is 65.7 Å². The van der Waals surface area contributed by atoms with E-state index in [1.807, 2.05) is 25.9 Å². The van der Waals surface area contributed by atoms with Crippen molar-refractivity contribution < 1.29 is 4.79 Å². The minimum absolute atomic E-state index is 0.0279. The van der Waals surface area contributed by atoms with Gasteiger partial charge in [-0.25, -0.2) is 0 Å². The maximum atomic E-state index is 12.3. The number of aromatic nitrogens is 2. The lowest BCUT2D eigenvalue weighted by atomic mass is 10.2. The first kappa shape index (κ1) is 13.7. The third-order valence-corrected chi connectivity index (χ3v) is 3.42. The quantitative estimate of drug-likeness (QED) is 0.866. The minimum Gasteiger partial charge on any atom is -0.369 e. The van der Waals surface area contributed by atoms with Crippen molar-refractivity contribution in [2.24, 2.45) is 0 Å². The number of hydrogen-bond acceptors (Lipinski definition) is 5. The van der Waals surface area contributed by atoms with Crippen molar-refractivity contribution in [1.29, 1.82) is 0 Å². The SMILES string of the molecule is CCNc1ccc(C(=O)N2CCC(N(C)C)C2)nn1. The number of nitrogens with one attached hydrogen (secondary N) is 1. The lowest BCUT2D eigenvalue weighted by molar-refractivity contribution is 0.0776. The number of carbonyl (C=O) groups is 1. The van der Waals surface area contributed by atoms with Crippen molar-refractivity contribution in [3.8, 4) is 0 Å². The summed E-state index contributed by atoms with van der Waals surface area (Å²) in [6.07, 6.45) is 1.02. The molecule has 0 spiro atoms. The second kappa shape index (κ2) is 5.97. The fraction of sp³-hybridized carbons (Fsp3) is 0.615. The molecule has 2 heterocycles. The standard InChI is InChI=1S/C13H21N5O/c1-4-14-12-6-5-11(15-16-12)13(19)18-8-7-10(9-18)17(2)3/h5-6,10H,4,7-9H2,1-3H3,(H,14,16). The van der Waals surface area contributed by atoms with Crippen molar-refractivity contribution >= 4 is 11.7 Å². The van der Waals surface area contributed by atoms with E-state index in [0.29, 0.717) is 17.6 Å². The zero-order valence-electron chi connectivity index (χ0n) is 11.8. The Morgan fingerprint density at radius 1 is 1.47 bits per heavy atom. The molecule has 1 unspecified atom stereocenters. The molecule has 1 N–H and O–H groups in total. The molecule has 0 aromatic carbocycles. The van der Waals surface area contributed by atoms with Gasteiger partial charge in [-0.15, -0.1) is 10.2 Å². The summed E-state index contributed by atoms with van der Waals surface area (Å²) in [7, 11) is 4.09. The van der Waals surface area contributed by atoms with Crippen LogP contribution < -0.4 is 5.32 Å². The maximum absolute atomic E-state index is 12.3. The summed E-state index contributed by atoms with van der Waals surface area (Å²) in [5.41, 5.74) is 0.418. The topological polar surface area (TPSA) is 61.4 Å². The normalized spacial score (nSPS) is 18.9. The molecule has 0 radical (unpaired) electrons. The van der Waals surface area contributed by atoms with Gasteiger partial charge in [0.15, 0.2) is 5.69 Å². The average molecular weight is 263 g/mol. The van der Waals surface area contributed by atoms with Gasteiger partial charge in [0.1, 0.15) is 5.82 Å². The number of anilines is 1. The Hall–Kier alpha value is -1.69. The van der Waals surface area contributed by atoms with Crippen LogP contribution in [0.25, 0.3) is 0 Å². The summed E-state index contributed by atoms with van der Waals surface area (Å²) in [6, 6.07) is 3.97. The van der Waals surface area contributed by atoms with Crippen LogP contribution in [-0.2, 0) is 0 Å². The fourth-order valence-corrected chi connectivity index (χ4v) is 2.23. The lowest BCUT2D eigenvalue weighted by Crippen LogP contribution is -2.34. The molecule has 1 aromatic heterocycles. The van der Waals surface area contributed by atoms with E-state index < -0.39 is 0 Å². The molecule has 0 saturated carbocycles. The monoisotopic (exact) mass is 263 g/mol. The molecule has 0 aliphatic carbocycles. The van der Waals surface area contributed by atoms with Gasteiger partial charge in [-0.2, -0.15) is 0 Å². The molecule has 0 bridgehead atoms. The van der Waals surface area contributed by atoms with Crippen molar-refractivity contribution in [3.63, 3.8) is 0 Å². The number of amides is 1. The molecule has 1 saturated heterocycles. The predicted octanol–water partition coefficient (Wildman–Crippen LogP) is 0.684. The number of likely N-dealkylation sites (tertiary alicyclic amines) is 1. The van der Waals surface area contributed by atoms with Crippen molar-refractivity contribution in [2.45, 2.75) is 19.4 Å². The molecule has 19 heavy (non-hydrogen) atoms. The zero-order valence-corrected chi connectivity index (χ0v) is 11.8. The third-order valence-electron chi connectivity index (χ3n) is 3.42. The van der Waals surface area contributed by atoms with Gasteiger partial charge in [-0.05, 0) is 39.6 Å². The Morgan fingerprint density at radius 3 is 2.79 bits per heavy atom. The Labute approximate surface area is 113 Å². The van der Waals surface area contributed by atoms with Crippen LogP contribution in [0.2, 0.25) is 0 Å². The number of nitrogens with zero attached hydrogens (tertiary/aromatic N) is 4. The van der Waals surface area contributed by atoms with Crippen molar-refractivity contribution in [2.75, 3.05) is 39.0 Å².